The fourth-order valence-electron chi connectivity index (χ4n) is 2.07. The predicted octanol–water partition coefficient (Wildman–Crippen LogP) is 4.30. The third kappa shape index (κ3) is 3.42. The average molecular weight is 257 g/mol. The van der Waals surface area contributed by atoms with Gasteiger partial charge in [0.2, 0.25) is 0 Å². The SMILES string of the molecule is Cc1ccccc1-c1ccc(CNC(C)C)c(F)c1. The van der Waals surface area contributed by atoms with Gasteiger partial charge >= 0.3 is 0 Å². The van der Waals surface area contributed by atoms with Gasteiger partial charge in [0.1, 0.15) is 5.82 Å². The lowest BCUT2D eigenvalue weighted by molar-refractivity contribution is 0.553. The van der Waals surface area contributed by atoms with Crippen LogP contribution < -0.4 is 5.32 Å². The van der Waals surface area contributed by atoms with Gasteiger partial charge < -0.3 is 5.32 Å². The van der Waals surface area contributed by atoms with E-state index in [4.69, 9.17) is 0 Å². The Balaban J connectivity index is 2.26. The number of nitrogens with one attached hydrogen (secondary N) is 1. The molecule has 0 amide bonds. The van der Waals surface area contributed by atoms with E-state index >= 15 is 0 Å². The van der Waals surface area contributed by atoms with Crippen molar-refractivity contribution in [3.8, 4) is 11.1 Å². The maximum atomic E-state index is 14.1. The second kappa shape index (κ2) is 5.98. The van der Waals surface area contributed by atoms with E-state index in [9.17, 15) is 4.39 Å². The van der Waals surface area contributed by atoms with Crippen LogP contribution in [0.15, 0.2) is 42.5 Å². The molecule has 0 aliphatic heterocycles. The zero-order valence-electron chi connectivity index (χ0n) is 11.7. The second-order valence-electron chi connectivity index (χ2n) is 5.16. The lowest BCUT2D eigenvalue weighted by atomic mass is 9.99. The Morgan fingerprint density at radius 2 is 1.84 bits per heavy atom. The standard InChI is InChI=1S/C17H20FN/c1-12(2)19-11-15-9-8-14(10-17(15)18)16-7-5-4-6-13(16)3/h4-10,12,19H,11H2,1-3H3. The Hall–Kier alpha value is -1.67. The Kier molecular flexibility index (Phi) is 4.33. The second-order valence-corrected chi connectivity index (χ2v) is 5.16. The quantitative estimate of drug-likeness (QED) is 0.861. The van der Waals surface area contributed by atoms with Crippen molar-refractivity contribution >= 4 is 0 Å². The summed E-state index contributed by atoms with van der Waals surface area (Å²) in [6, 6.07) is 13.9. The molecule has 0 radical (unpaired) electrons. The van der Waals surface area contributed by atoms with Gasteiger partial charge in [-0.1, -0.05) is 50.2 Å². The fourth-order valence-corrected chi connectivity index (χ4v) is 2.07. The van der Waals surface area contributed by atoms with Crippen LogP contribution in [-0.4, -0.2) is 6.04 Å². The third-order valence-corrected chi connectivity index (χ3v) is 3.21. The van der Waals surface area contributed by atoms with Crippen molar-refractivity contribution in [3.05, 3.63) is 59.4 Å². The van der Waals surface area contributed by atoms with Crippen molar-refractivity contribution < 1.29 is 4.39 Å². The van der Waals surface area contributed by atoms with Crippen LogP contribution in [-0.2, 0) is 6.54 Å². The molecule has 0 saturated heterocycles. The van der Waals surface area contributed by atoms with E-state index in [1.54, 1.807) is 6.07 Å². The number of hydrogen-bond acceptors (Lipinski definition) is 1. The highest BCUT2D eigenvalue weighted by Crippen LogP contribution is 2.25. The van der Waals surface area contributed by atoms with Gasteiger partial charge in [-0.2, -0.15) is 0 Å². The molecule has 2 rings (SSSR count). The Bertz CT molecular complexity index is 561. The molecule has 2 aromatic rings. The topological polar surface area (TPSA) is 12.0 Å². The van der Waals surface area contributed by atoms with Crippen molar-refractivity contribution in [2.45, 2.75) is 33.4 Å². The van der Waals surface area contributed by atoms with Crippen LogP contribution >= 0.6 is 0 Å². The van der Waals surface area contributed by atoms with Crippen LogP contribution in [0.4, 0.5) is 4.39 Å². The van der Waals surface area contributed by atoms with E-state index in [1.165, 1.54) is 0 Å². The molecule has 19 heavy (non-hydrogen) atoms. The summed E-state index contributed by atoms with van der Waals surface area (Å²) in [6.45, 7) is 6.72. The molecule has 2 aromatic carbocycles. The van der Waals surface area contributed by atoms with Gasteiger partial charge in [0, 0.05) is 18.2 Å². The van der Waals surface area contributed by atoms with Gasteiger partial charge in [-0.05, 0) is 29.7 Å². The van der Waals surface area contributed by atoms with Crippen LogP contribution in [0.25, 0.3) is 11.1 Å². The van der Waals surface area contributed by atoms with Crippen LogP contribution in [0, 0.1) is 12.7 Å². The average Bonchev–Trinajstić information content (AvgIpc) is 2.37. The number of benzene rings is 2. The molecule has 2 heteroatoms. The van der Waals surface area contributed by atoms with Gasteiger partial charge in [0.05, 0.1) is 0 Å². The van der Waals surface area contributed by atoms with Crippen molar-refractivity contribution in [1.82, 2.24) is 5.32 Å². The summed E-state index contributed by atoms with van der Waals surface area (Å²) in [7, 11) is 0. The third-order valence-electron chi connectivity index (χ3n) is 3.21. The number of hydrogen-bond donors (Lipinski definition) is 1. The minimum atomic E-state index is -0.145. The first kappa shape index (κ1) is 13.8. The predicted molar refractivity (Wildman–Crippen MR) is 78.5 cm³/mol. The highest BCUT2D eigenvalue weighted by Gasteiger charge is 2.07. The Labute approximate surface area is 114 Å². The molecular formula is C17H20FN. The van der Waals surface area contributed by atoms with Crippen LogP contribution in [0.1, 0.15) is 25.0 Å². The minimum absolute atomic E-state index is 0.145. The van der Waals surface area contributed by atoms with Gasteiger partial charge in [-0.3, -0.25) is 0 Å². The van der Waals surface area contributed by atoms with Crippen molar-refractivity contribution in [2.24, 2.45) is 0 Å². The first-order chi connectivity index (χ1) is 9.08. The highest BCUT2D eigenvalue weighted by atomic mass is 19.1. The Morgan fingerprint density at radius 1 is 1.11 bits per heavy atom. The maximum absolute atomic E-state index is 14.1. The number of halogens is 1. The molecule has 1 nitrogen and oxygen atoms in total. The summed E-state index contributed by atoms with van der Waals surface area (Å²) in [4.78, 5) is 0. The monoisotopic (exact) mass is 257 g/mol. The maximum Gasteiger partial charge on any atom is 0.128 e. The minimum Gasteiger partial charge on any atom is -0.310 e. The molecule has 0 spiro atoms. The summed E-state index contributed by atoms with van der Waals surface area (Å²) >= 11 is 0. The molecule has 0 aliphatic carbocycles. The summed E-state index contributed by atoms with van der Waals surface area (Å²) in [5, 5.41) is 3.23. The van der Waals surface area contributed by atoms with Crippen molar-refractivity contribution in [3.63, 3.8) is 0 Å². The molecule has 0 atom stereocenters. The lowest BCUT2D eigenvalue weighted by Gasteiger charge is -2.11. The molecule has 100 valence electrons. The zero-order valence-corrected chi connectivity index (χ0v) is 11.7. The molecule has 0 aliphatic rings. The molecule has 0 fully saturated rings. The fraction of sp³-hybridized carbons (Fsp3) is 0.294. The van der Waals surface area contributed by atoms with Gasteiger partial charge in [-0.15, -0.1) is 0 Å². The van der Waals surface area contributed by atoms with Crippen molar-refractivity contribution in [1.29, 1.82) is 0 Å². The smallest absolute Gasteiger partial charge is 0.128 e. The molecule has 0 heterocycles. The van der Waals surface area contributed by atoms with Gasteiger partial charge in [0.25, 0.3) is 0 Å². The molecule has 0 bridgehead atoms. The van der Waals surface area contributed by atoms with Crippen LogP contribution in [0.2, 0.25) is 0 Å². The van der Waals surface area contributed by atoms with Gasteiger partial charge in [-0.25, -0.2) is 4.39 Å². The van der Waals surface area contributed by atoms with E-state index in [-0.39, 0.29) is 5.82 Å². The normalized spacial score (nSPS) is 11.0. The van der Waals surface area contributed by atoms with E-state index in [2.05, 4.69) is 19.2 Å². The number of rotatable bonds is 4. The summed E-state index contributed by atoms with van der Waals surface area (Å²) < 4.78 is 14.1. The van der Waals surface area contributed by atoms with E-state index in [0.29, 0.717) is 18.2 Å². The first-order valence-electron chi connectivity index (χ1n) is 6.65. The van der Waals surface area contributed by atoms with E-state index in [1.807, 2.05) is 43.3 Å². The lowest BCUT2D eigenvalue weighted by Crippen LogP contribution is -2.22. The van der Waals surface area contributed by atoms with Crippen LogP contribution in [0.3, 0.4) is 0 Å². The molecular weight excluding hydrogens is 237 g/mol. The molecule has 0 saturated carbocycles. The van der Waals surface area contributed by atoms with Gasteiger partial charge in [0.15, 0.2) is 0 Å². The van der Waals surface area contributed by atoms with E-state index in [0.717, 1.165) is 16.7 Å². The molecule has 0 aromatic heterocycles. The number of aryl methyl sites for hydroxylation is 1. The molecule has 0 unspecified atom stereocenters. The van der Waals surface area contributed by atoms with E-state index < -0.39 is 0 Å². The highest BCUT2D eigenvalue weighted by molar-refractivity contribution is 5.67. The first-order valence-corrected chi connectivity index (χ1v) is 6.65. The summed E-state index contributed by atoms with van der Waals surface area (Å²) in [5.41, 5.74) is 3.90. The van der Waals surface area contributed by atoms with Crippen molar-refractivity contribution in [2.75, 3.05) is 0 Å². The summed E-state index contributed by atoms with van der Waals surface area (Å²) in [6.07, 6.45) is 0. The zero-order chi connectivity index (χ0) is 13.8. The largest absolute Gasteiger partial charge is 0.310 e. The summed E-state index contributed by atoms with van der Waals surface area (Å²) in [5.74, 6) is -0.145. The Morgan fingerprint density at radius 3 is 2.47 bits per heavy atom. The molecule has 1 N–H and O–H groups in total. The van der Waals surface area contributed by atoms with Crippen LogP contribution in [0.5, 0.6) is 0 Å².